The number of nitrogens with zero attached hydrogens (tertiary/aromatic N) is 8. The molecule has 0 fully saturated rings. The van der Waals surface area contributed by atoms with E-state index < -0.39 is 0 Å². The summed E-state index contributed by atoms with van der Waals surface area (Å²) < 4.78 is 0. The summed E-state index contributed by atoms with van der Waals surface area (Å²) in [5.41, 5.74) is 0. The Bertz CT molecular complexity index is 768. The normalized spacial score (nSPS) is 10.1. The highest BCUT2D eigenvalue weighted by Crippen LogP contribution is 2.07. The zero-order valence-electron chi connectivity index (χ0n) is 46.9. The van der Waals surface area contributed by atoms with Gasteiger partial charge in [0.1, 0.15) is 0 Å². The first-order valence-electron chi connectivity index (χ1n) is 27.2. The standard InChI is InChI=1S/4C13H29N3.H3P/c4*1-5-9-15(10-6-2)13(14)16(11-7-3)12-8-4;/h4*14H,5-12H2,1-4H3;1H3. The molecule has 0 aromatic carbocycles. The van der Waals surface area contributed by atoms with Crippen LogP contribution in [0.2, 0.25) is 0 Å². The van der Waals surface area contributed by atoms with E-state index in [1.807, 2.05) is 0 Å². The molecule has 0 aliphatic rings. The Kier molecular flexibility index (Phi) is 57.7. The van der Waals surface area contributed by atoms with E-state index in [4.69, 9.17) is 21.6 Å². The quantitative estimate of drug-likeness (QED) is 0.0299. The van der Waals surface area contributed by atoms with Crippen LogP contribution in [0.25, 0.3) is 0 Å². The molecule has 0 aliphatic carbocycles. The van der Waals surface area contributed by atoms with Crippen molar-refractivity contribution in [2.75, 3.05) is 105 Å². The summed E-state index contributed by atoms with van der Waals surface area (Å²) in [6.45, 7) is 51.1. The second-order valence-electron chi connectivity index (χ2n) is 17.2. The van der Waals surface area contributed by atoms with Crippen LogP contribution in [-0.4, -0.2) is 168 Å². The van der Waals surface area contributed by atoms with E-state index in [0.29, 0.717) is 0 Å². The first-order chi connectivity index (χ1) is 30.8. The van der Waals surface area contributed by atoms with Gasteiger partial charge in [0, 0.05) is 105 Å². The Morgan fingerprint density at radius 2 is 0.246 bits per heavy atom. The number of nitrogens with one attached hydrogen (secondary N) is 4. The van der Waals surface area contributed by atoms with Gasteiger partial charge in [-0.25, -0.2) is 0 Å². The van der Waals surface area contributed by atoms with Crippen molar-refractivity contribution in [3.8, 4) is 0 Å². The molecular formula is C52H119N12P. The summed E-state index contributed by atoms with van der Waals surface area (Å²) in [6.07, 6.45) is 17.9. The Hall–Kier alpha value is -2.49. The van der Waals surface area contributed by atoms with Crippen molar-refractivity contribution in [1.82, 2.24) is 39.2 Å². The largest absolute Gasteiger partial charge is 0.343 e. The molecule has 0 saturated carbocycles. The van der Waals surface area contributed by atoms with Crippen molar-refractivity contribution in [3.05, 3.63) is 0 Å². The van der Waals surface area contributed by atoms with Crippen LogP contribution in [0, 0.1) is 21.6 Å². The number of rotatable bonds is 32. The van der Waals surface area contributed by atoms with E-state index in [1.165, 1.54) is 0 Å². The molecule has 0 saturated heterocycles. The van der Waals surface area contributed by atoms with E-state index in [9.17, 15) is 0 Å². The highest BCUT2D eigenvalue weighted by Gasteiger charge is 2.17. The molecule has 4 N–H and O–H groups in total. The lowest BCUT2D eigenvalue weighted by atomic mass is 10.3. The Labute approximate surface area is 411 Å². The predicted molar refractivity (Wildman–Crippen MR) is 299 cm³/mol. The first kappa shape index (κ1) is 71.5. The fourth-order valence-corrected chi connectivity index (χ4v) is 7.71. The van der Waals surface area contributed by atoms with E-state index in [2.05, 4.69) is 150 Å². The van der Waals surface area contributed by atoms with Gasteiger partial charge < -0.3 is 39.2 Å². The Morgan fingerprint density at radius 1 is 0.185 bits per heavy atom. The molecule has 12 nitrogen and oxygen atoms in total. The van der Waals surface area contributed by atoms with Gasteiger partial charge in [0.15, 0.2) is 23.8 Å². The summed E-state index contributed by atoms with van der Waals surface area (Å²) >= 11 is 0. The number of hydrogen-bond donors (Lipinski definition) is 4. The molecule has 0 aromatic heterocycles. The molecule has 1 atom stereocenters. The van der Waals surface area contributed by atoms with Crippen LogP contribution in [0.5, 0.6) is 0 Å². The third-order valence-electron chi connectivity index (χ3n) is 10.3. The van der Waals surface area contributed by atoms with Crippen LogP contribution in [0.15, 0.2) is 0 Å². The van der Waals surface area contributed by atoms with E-state index in [-0.39, 0.29) is 9.90 Å². The summed E-state index contributed by atoms with van der Waals surface area (Å²) in [4.78, 5) is 17.7. The molecule has 0 heterocycles. The van der Waals surface area contributed by atoms with Crippen molar-refractivity contribution in [2.45, 2.75) is 214 Å². The highest BCUT2D eigenvalue weighted by molar-refractivity contribution is 6.92. The molecule has 0 radical (unpaired) electrons. The lowest BCUT2D eigenvalue weighted by Gasteiger charge is -2.33. The van der Waals surface area contributed by atoms with E-state index in [0.717, 1.165) is 231 Å². The van der Waals surface area contributed by atoms with Gasteiger partial charge in [-0.1, -0.05) is 111 Å². The van der Waals surface area contributed by atoms with Crippen LogP contribution in [0.4, 0.5) is 0 Å². The molecule has 0 aliphatic heterocycles. The van der Waals surface area contributed by atoms with Crippen molar-refractivity contribution in [3.63, 3.8) is 0 Å². The molecule has 0 amide bonds. The lowest BCUT2D eigenvalue weighted by molar-refractivity contribution is 0.310. The minimum Gasteiger partial charge on any atom is -0.343 e. The van der Waals surface area contributed by atoms with E-state index in [1.54, 1.807) is 0 Å². The molecule has 65 heavy (non-hydrogen) atoms. The third kappa shape index (κ3) is 36.3. The van der Waals surface area contributed by atoms with Gasteiger partial charge in [-0.15, -0.1) is 0 Å². The van der Waals surface area contributed by atoms with Crippen molar-refractivity contribution in [2.24, 2.45) is 0 Å². The molecule has 0 bridgehead atoms. The minimum atomic E-state index is 0. The Morgan fingerprint density at radius 3 is 0.292 bits per heavy atom. The van der Waals surface area contributed by atoms with Gasteiger partial charge in [0.05, 0.1) is 0 Å². The molecule has 0 rings (SSSR count). The monoisotopic (exact) mass is 943 g/mol. The maximum Gasteiger partial charge on any atom is 0.193 e. The summed E-state index contributed by atoms with van der Waals surface area (Å²) in [5.74, 6) is 2.92. The van der Waals surface area contributed by atoms with Crippen LogP contribution in [0.1, 0.15) is 214 Å². The third-order valence-corrected chi connectivity index (χ3v) is 10.3. The van der Waals surface area contributed by atoms with Gasteiger partial charge in [-0.2, -0.15) is 9.90 Å². The van der Waals surface area contributed by atoms with Gasteiger partial charge in [0.2, 0.25) is 0 Å². The van der Waals surface area contributed by atoms with Crippen molar-refractivity contribution in [1.29, 1.82) is 21.6 Å². The number of hydrogen-bond acceptors (Lipinski definition) is 4. The topological polar surface area (TPSA) is 121 Å². The highest BCUT2D eigenvalue weighted by atomic mass is 31.0. The van der Waals surface area contributed by atoms with Gasteiger partial charge >= 0.3 is 0 Å². The molecule has 392 valence electrons. The summed E-state index contributed by atoms with van der Waals surface area (Å²) in [6, 6.07) is 0. The SMILES string of the molecule is CCCN(CCC)C(=N)N(CCC)CCC.CCCN(CCC)C(=N)N(CCC)CCC.CCCN(CCC)C(=N)N(CCC)CCC.CCCN(CCC)C(=N)N(CCC)CCC.P. The van der Waals surface area contributed by atoms with Crippen molar-refractivity contribution < 1.29 is 0 Å². The molecular weight excluding hydrogens is 824 g/mol. The molecule has 0 spiro atoms. The minimum absolute atomic E-state index is 0. The fraction of sp³-hybridized carbons (Fsp3) is 0.923. The van der Waals surface area contributed by atoms with Crippen LogP contribution >= 0.6 is 9.90 Å². The van der Waals surface area contributed by atoms with Crippen LogP contribution in [0.3, 0.4) is 0 Å². The predicted octanol–water partition coefficient (Wildman–Crippen LogP) is 12.7. The van der Waals surface area contributed by atoms with Crippen molar-refractivity contribution >= 4 is 33.7 Å². The summed E-state index contributed by atoms with van der Waals surface area (Å²) in [7, 11) is 0. The lowest BCUT2D eigenvalue weighted by Crippen LogP contribution is -2.45. The zero-order valence-corrected chi connectivity index (χ0v) is 48.3. The maximum absolute atomic E-state index is 8.27. The smallest absolute Gasteiger partial charge is 0.193 e. The first-order valence-corrected chi connectivity index (χ1v) is 27.2. The maximum atomic E-state index is 8.27. The summed E-state index contributed by atoms with van der Waals surface area (Å²) in [5, 5.41) is 33.1. The zero-order chi connectivity index (χ0) is 49.6. The second kappa shape index (κ2) is 52.5. The van der Waals surface area contributed by atoms with Crippen LogP contribution < -0.4 is 0 Å². The molecule has 1 unspecified atom stereocenters. The van der Waals surface area contributed by atoms with Crippen LogP contribution in [-0.2, 0) is 0 Å². The van der Waals surface area contributed by atoms with Gasteiger partial charge in [-0.05, 0) is 103 Å². The number of guanidine groups is 4. The van der Waals surface area contributed by atoms with E-state index >= 15 is 0 Å². The molecule has 0 aromatic rings. The van der Waals surface area contributed by atoms with Gasteiger partial charge in [-0.3, -0.25) is 21.6 Å². The average Bonchev–Trinajstić information content (AvgIpc) is 3.28. The van der Waals surface area contributed by atoms with Gasteiger partial charge in [0.25, 0.3) is 0 Å². The average molecular weight is 944 g/mol. The molecule has 13 heteroatoms. The Balaban J connectivity index is -0.000000245. The second-order valence-corrected chi connectivity index (χ2v) is 17.2. The fourth-order valence-electron chi connectivity index (χ4n) is 7.71.